The first kappa shape index (κ1) is 15.6. The van der Waals surface area contributed by atoms with E-state index in [-0.39, 0.29) is 11.9 Å². The third-order valence-electron chi connectivity index (χ3n) is 4.76. The summed E-state index contributed by atoms with van der Waals surface area (Å²) in [6.45, 7) is 6.70. The van der Waals surface area contributed by atoms with Crippen LogP contribution in [0, 0.1) is 11.8 Å². The molecular formula is C18H22N4OS. The molecule has 3 unspecified atom stereocenters. The van der Waals surface area contributed by atoms with Gasteiger partial charge in [0.1, 0.15) is 6.33 Å². The van der Waals surface area contributed by atoms with Gasteiger partial charge >= 0.3 is 0 Å². The first-order valence-electron chi connectivity index (χ1n) is 8.44. The summed E-state index contributed by atoms with van der Waals surface area (Å²) in [7, 11) is 0. The first-order chi connectivity index (χ1) is 11.6. The Hall–Kier alpha value is -1.92. The lowest BCUT2D eigenvalue weighted by atomic mass is 9.89. The molecule has 1 aliphatic heterocycles. The summed E-state index contributed by atoms with van der Waals surface area (Å²) in [5.41, 5.74) is 1.21. The van der Waals surface area contributed by atoms with Gasteiger partial charge in [0, 0.05) is 13.1 Å². The van der Waals surface area contributed by atoms with Gasteiger partial charge in [0.25, 0.3) is 0 Å². The van der Waals surface area contributed by atoms with E-state index >= 15 is 0 Å². The van der Waals surface area contributed by atoms with Gasteiger partial charge in [-0.2, -0.15) is 9.61 Å². The number of hydrogen-bond acceptors (Lipinski definition) is 5. The smallest absolute Gasteiger partial charge is 0.230 e. The van der Waals surface area contributed by atoms with Crippen molar-refractivity contribution >= 4 is 16.3 Å². The number of likely N-dealkylation sites (tertiary alicyclic amines) is 1. The predicted octanol–water partition coefficient (Wildman–Crippen LogP) is 3.56. The van der Waals surface area contributed by atoms with Crippen LogP contribution < -0.4 is 0 Å². The van der Waals surface area contributed by atoms with Crippen LogP contribution in [0.3, 0.4) is 0 Å². The summed E-state index contributed by atoms with van der Waals surface area (Å²) in [5, 5.41) is 14.9. The van der Waals surface area contributed by atoms with Gasteiger partial charge in [0.2, 0.25) is 10.8 Å². The standard InChI is InChI=1S/C18H22N4OS/c1-12-8-13(2)10-21(9-12)15(14-6-4-3-5-7-14)16-17(23)22-18(24-16)19-11-20-22/h3-7,11-13,15,23H,8-10H2,1-2H3. The van der Waals surface area contributed by atoms with Gasteiger partial charge in [-0.15, -0.1) is 0 Å². The lowest BCUT2D eigenvalue weighted by Gasteiger charge is -2.40. The largest absolute Gasteiger partial charge is 0.492 e. The van der Waals surface area contributed by atoms with E-state index in [2.05, 4.69) is 53.1 Å². The highest BCUT2D eigenvalue weighted by Crippen LogP contribution is 2.41. The highest BCUT2D eigenvalue weighted by molar-refractivity contribution is 7.17. The normalized spacial score (nSPS) is 23.6. The Labute approximate surface area is 145 Å². The molecule has 3 heterocycles. The van der Waals surface area contributed by atoms with Crippen LogP contribution in [-0.2, 0) is 0 Å². The second kappa shape index (κ2) is 6.18. The Morgan fingerprint density at radius 1 is 1.17 bits per heavy atom. The second-order valence-electron chi connectivity index (χ2n) is 6.96. The maximum atomic E-state index is 10.7. The average Bonchev–Trinajstić information content (AvgIpc) is 3.12. The molecule has 0 aliphatic carbocycles. The maximum Gasteiger partial charge on any atom is 0.230 e. The number of benzene rings is 1. The number of rotatable bonds is 3. The molecule has 5 nitrogen and oxygen atoms in total. The van der Waals surface area contributed by atoms with Crippen LogP contribution >= 0.6 is 11.3 Å². The molecule has 0 bridgehead atoms. The molecule has 3 aromatic rings. The van der Waals surface area contributed by atoms with Crippen molar-refractivity contribution in [2.45, 2.75) is 26.3 Å². The van der Waals surface area contributed by atoms with Gasteiger partial charge in [-0.25, -0.2) is 4.98 Å². The van der Waals surface area contributed by atoms with Crippen molar-refractivity contribution in [2.24, 2.45) is 11.8 Å². The van der Waals surface area contributed by atoms with Crippen LogP contribution in [0.5, 0.6) is 5.88 Å². The Morgan fingerprint density at radius 3 is 2.54 bits per heavy atom. The Bertz CT molecular complexity index is 818. The van der Waals surface area contributed by atoms with Gasteiger partial charge < -0.3 is 5.11 Å². The summed E-state index contributed by atoms with van der Waals surface area (Å²) < 4.78 is 1.53. The molecule has 4 rings (SSSR count). The van der Waals surface area contributed by atoms with E-state index in [0.717, 1.165) is 22.9 Å². The van der Waals surface area contributed by atoms with Crippen molar-refractivity contribution in [1.82, 2.24) is 19.5 Å². The quantitative estimate of drug-likeness (QED) is 0.791. The number of aromatic hydroxyl groups is 1. The zero-order chi connectivity index (χ0) is 16.7. The summed E-state index contributed by atoms with van der Waals surface area (Å²) in [5.74, 6) is 1.53. The van der Waals surface area contributed by atoms with E-state index in [4.69, 9.17) is 0 Å². The fourth-order valence-electron chi connectivity index (χ4n) is 3.96. The Kier molecular flexibility index (Phi) is 4.02. The third-order valence-corrected chi connectivity index (χ3v) is 5.85. The maximum absolute atomic E-state index is 10.7. The molecule has 2 aromatic heterocycles. The Balaban J connectivity index is 1.81. The van der Waals surface area contributed by atoms with Crippen LogP contribution in [0.4, 0.5) is 0 Å². The van der Waals surface area contributed by atoms with Crippen molar-refractivity contribution in [3.8, 4) is 5.88 Å². The molecular weight excluding hydrogens is 320 g/mol. The van der Waals surface area contributed by atoms with Crippen molar-refractivity contribution in [2.75, 3.05) is 13.1 Å². The Morgan fingerprint density at radius 2 is 1.88 bits per heavy atom. The molecule has 1 saturated heterocycles. The molecule has 126 valence electrons. The summed E-state index contributed by atoms with van der Waals surface area (Å²) in [6.07, 6.45) is 2.75. The van der Waals surface area contributed by atoms with Gasteiger partial charge in [0.05, 0.1) is 10.9 Å². The summed E-state index contributed by atoms with van der Waals surface area (Å²) >= 11 is 1.53. The van der Waals surface area contributed by atoms with Crippen LogP contribution in [0.1, 0.15) is 36.8 Å². The fourth-order valence-corrected chi connectivity index (χ4v) is 5.05. The van der Waals surface area contributed by atoms with Crippen molar-refractivity contribution in [1.29, 1.82) is 0 Å². The van der Waals surface area contributed by atoms with Crippen LogP contribution in [0.25, 0.3) is 4.96 Å². The average molecular weight is 342 g/mol. The van der Waals surface area contributed by atoms with Gasteiger partial charge in [-0.05, 0) is 23.8 Å². The van der Waals surface area contributed by atoms with Gasteiger partial charge in [-0.1, -0.05) is 55.5 Å². The predicted molar refractivity (Wildman–Crippen MR) is 95.3 cm³/mol. The molecule has 1 aromatic carbocycles. The molecule has 0 amide bonds. The third kappa shape index (κ3) is 2.70. The van der Waals surface area contributed by atoms with E-state index in [9.17, 15) is 5.11 Å². The first-order valence-corrected chi connectivity index (χ1v) is 9.25. The zero-order valence-electron chi connectivity index (χ0n) is 14.0. The zero-order valence-corrected chi connectivity index (χ0v) is 14.8. The summed E-state index contributed by atoms with van der Waals surface area (Å²) in [6, 6.07) is 10.5. The molecule has 6 heteroatoms. The SMILES string of the molecule is CC1CC(C)CN(C(c2ccccc2)c2sc3ncnn3c2O)C1. The van der Waals surface area contributed by atoms with E-state index < -0.39 is 0 Å². The molecule has 1 N–H and O–H groups in total. The molecule has 24 heavy (non-hydrogen) atoms. The minimum absolute atomic E-state index is 0.0462. The topological polar surface area (TPSA) is 53.7 Å². The molecule has 3 atom stereocenters. The molecule has 0 spiro atoms. The minimum Gasteiger partial charge on any atom is -0.492 e. The van der Waals surface area contributed by atoms with Gasteiger partial charge in [-0.3, -0.25) is 4.90 Å². The highest BCUT2D eigenvalue weighted by atomic mass is 32.1. The van der Waals surface area contributed by atoms with Crippen molar-refractivity contribution in [3.63, 3.8) is 0 Å². The second-order valence-corrected chi connectivity index (χ2v) is 7.97. The number of piperidine rings is 1. The highest BCUT2D eigenvalue weighted by Gasteiger charge is 2.33. The molecule has 0 saturated carbocycles. The lowest BCUT2D eigenvalue weighted by Crippen LogP contribution is -2.41. The number of thiazole rings is 1. The number of hydrogen-bond donors (Lipinski definition) is 1. The van der Waals surface area contributed by atoms with E-state index in [1.807, 2.05) is 6.07 Å². The molecule has 1 fully saturated rings. The van der Waals surface area contributed by atoms with Crippen LogP contribution in [0.15, 0.2) is 36.7 Å². The van der Waals surface area contributed by atoms with Crippen molar-refractivity contribution < 1.29 is 5.11 Å². The van der Waals surface area contributed by atoms with E-state index in [1.54, 1.807) is 0 Å². The fraction of sp³-hybridized carbons (Fsp3) is 0.444. The van der Waals surface area contributed by atoms with Crippen molar-refractivity contribution in [3.05, 3.63) is 47.1 Å². The van der Waals surface area contributed by atoms with Crippen LogP contribution in [-0.4, -0.2) is 37.7 Å². The molecule has 1 aliphatic rings. The number of fused-ring (bicyclic) bond motifs is 1. The van der Waals surface area contributed by atoms with E-state index in [0.29, 0.717) is 11.8 Å². The minimum atomic E-state index is 0.0462. The van der Waals surface area contributed by atoms with Gasteiger partial charge in [0.15, 0.2) is 0 Å². The number of nitrogens with zero attached hydrogens (tertiary/aromatic N) is 4. The number of aromatic nitrogens is 3. The lowest BCUT2D eigenvalue weighted by molar-refractivity contribution is 0.112. The molecule has 0 radical (unpaired) electrons. The van der Waals surface area contributed by atoms with E-state index in [1.165, 1.54) is 34.2 Å². The monoisotopic (exact) mass is 342 g/mol. The summed E-state index contributed by atoms with van der Waals surface area (Å²) in [4.78, 5) is 8.41. The van der Waals surface area contributed by atoms with Crippen LogP contribution in [0.2, 0.25) is 0 Å².